The van der Waals surface area contributed by atoms with Gasteiger partial charge in [0.25, 0.3) is 0 Å². The van der Waals surface area contributed by atoms with Gasteiger partial charge in [-0.2, -0.15) is 0 Å². The Morgan fingerprint density at radius 2 is 2.10 bits per heavy atom. The zero-order valence-corrected chi connectivity index (χ0v) is 14.7. The van der Waals surface area contributed by atoms with E-state index in [1.54, 1.807) is 0 Å². The molecule has 118 valence electrons. The largest absolute Gasteiger partial charge is 0.296 e. The number of pyridine rings is 1. The van der Waals surface area contributed by atoms with Crippen LogP contribution >= 0.6 is 15.9 Å². The molecule has 1 saturated heterocycles. The van der Waals surface area contributed by atoms with E-state index in [1.807, 2.05) is 12.4 Å². The third kappa shape index (κ3) is 4.03. The molecule has 1 aromatic heterocycles. The number of hydrazine groups is 1. The van der Waals surface area contributed by atoms with Gasteiger partial charge in [-0.25, -0.2) is 0 Å². The molecule has 5 heteroatoms. The van der Waals surface area contributed by atoms with E-state index in [1.165, 1.54) is 37.9 Å². The Balaban J connectivity index is 2.16. The van der Waals surface area contributed by atoms with Crippen molar-refractivity contribution in [3.63, 3.8) is 0 Å². The van der Waals surface area contributed by atoms with Crippen LogP contribution in [0.1, 0.15) is 45.1 Å². The first kappa shape index (κ1) is 16.9. The van der Waals surface area contributed by atoms with E-state index in [2.05, 4.69) is 51.2 Å². The highest BCUT2D eigenvalue weighted by Crippen LogP contribution is 2.29. The monoisotopic (exact) mass is 354 g/mol. The highest BCUT2D eigenvalue weighted by molar-refractivity contribution is 9.10. The van der Waals surface area contributed by atoms with Gasteiger partial charge in [-0.15, -0.1) is 0 Å². The van der Waals surface area contributed by atoms with Crippen LogP contribution in [0.5, 0.6) is 0 Å². The topological polar surface area (TPSA) is 54.2 Å². The highest BCUT2D eigenvalue weighted by Gasteiger charge is 2.38. The zero-order valence-electron chi connectivity index (χ0n) is 13.1. The summed E-state index contributed by atoms with van der Waals surface area (Å²) in [6, 6.07) is 2.35. The minimum Gasteiger partial charge on any atom is -0.296 e. The number of likely N-dealkylation sites (tertiary alicyclic amines) is 1. The van der Waals surface area contributed by atoms with E-state index in [4.69, 9.17) is 5.84 Å². The second-order valence-corrected chi connectivity index (χ2v) is 7.11. The number of hydrogen-bond acceptors (Lipinski definition) is 4. The molecule has 0 aliphatic carbocycles. The van der Waals surface area contributed by atoms with Gasteiger partial charge in [0, 0.05) is 28.4 Å². The summed E-state index contributed by atoms with van der Waals surface area (Å²) in [5.74, 6) is 5.92. The van der Waals surface area contributed by atoms with Crippen molar-refractivity contribution in [2.24, 2.45) is 5.84 Å². The van der Waals surface area contributed by atoms with Gasteiger partial charge in [0.2, 0.25) is 0 Å². The van der Waals surface area contributed by atoms with Gasteiger partial charge in [-0.1, -0.05) is 13.3 Å². The van der Waals surface area contributed by atoms with Crippen molar-refractivity contribution in [3.8, 4) is 0 Å². The van der Waals surface area contributed by atoms with Crippen LogP contribution in [0.15, 0.2) is 22.9 Å². The van der Waals surface area contributed by atoms with Crippen LogP contribution in [-0.2, 0) is 6.42 Å². The maximum atomic E-state index is 5.92. The van der Waals surface area contributed by atoms with Gasteiger partial charge in [-0.3, -0.25) is 21.2 Å². The molecule has 4 nitrogen and oxygen atoms in total. The predicted molar refractivity (Wildman–Crippen MR) is 90.9 cm³/mol. The Morgan fingerprint density at radius 3 is 2.67 bits per heavy atom. The molecular formula is C16H27BrN4. The Hall–Kier alpha value is -0.490. The molecule has 2 rings (SSSR count). The van der Waals surface area contributed by atoms with Crippen LogP contribution in [-0.4, -0.2) is 34.6 Å². The number of nitrogens with zero attached hydrogens (tertiary/aromatic N) is 2. The fourth-order valence-electron chi connectivity index (χ4n) is 3.36. The molecule has 1 fully saturated rings. The second kappa shape index (κ2) is 7.68. The van der Waals surface area contributed by atoms with Crippen molar-refractivity contribution in [1.82, 2.24) is 15.3 Å². The van der Waals surface area contributed by atoms with Gasteiger partial charge in [0.1, 0.15) is 0 Å². The lowest BCUT2D eigenvalue weighted by molar-refractivity contribution is 0.0429. The van der Waals surface area contributed by atoms with E-state index in [9.17, 15) is 0 Å². The summed E-state index contributed by atoms with van der Waals surface area (Å²) in [5.41, 5.74) is 4.37. The average Bonchev–Trinajstić information content (AvgIpc) is 2.53. The van der Waals surface area contributed by atoms with E-state index >= 15 is 0 Å². The van der Waals surface area contributed by atoms with E-state index in [0.29, 0.717) is 0 Å². The van der Waals surface area contributed by atoms with E-state index in [-0.39, 0.29) is 11.6 Å². The molecule has 0 saturated carbocycles. The lowest BCUT2D eigenvalue weighted by atomic mass is 9.83. The predicted octanol–water partition coefficient (Wildman–Crippen LogP) is 2.87. The van der Waals surface area contributed by atoms with E-state index < -0.39 is 0 Å². The summed E-state index contributed by atoms with van der Waals surface area (Å²) in [4.78, 5) is 6.88. The molecular weight excluding hydrogens is 328 g/mol. The third-order valence-corrected chi connectivity index (χ3v) is 5.38. The molecule has 1 aromatic rings. The minimum atomic E-state index is 0.0808. The molecule has 2 unspecified atom stereocenters. The fraction of sp³-hybridized carbons (Fsp3) is 0.688. The second-order valence-electron chi connectivity index (χ2n) is 6.19. The SMILES string of the molecule is CCC(C)(C(Cc1cncc(Br)c1)NN)N1CCCCC1. The van der Waals surface area contributed by atoms with Crippen LogP contribution in [0.3, 0.4) is 0 Å². The van der Waals surface area contributed by atoms with E-state index in [0.717, 1.165) is 17.3 Å². The first-order valence-electron chi connectivity index (χ1n) is 7.90. The maximum absolute atomic E-state index is 5.92. The summed E-state index contributed by atoms with van der Waals surface area (Å²) >= 11 is 3.49. The molecule has 0 radical (unpaired) electrons. The first-order valence-corrected chi connectivity index (χ1v) is 8.70. The molecule has 1 aliphatic heterocycles. The number of hydrogen-bond donors (Lipinski definition) is 2. The lowest BCUT2D eigenvalue weighted by Crippen LogP contribution is -2.62. The van der Waals surface area contributed by atoms with Gasteiger partial charge in [-0.05, 0) is 73.3 Å². The number of halogens is 1. The van der Waals surface area contributed by atoms with Crippen LogP contribution in [0.4, 0.5) is 0 Å². The average molecular weight is 355 g/mol. The van der Waals surface area contributed by atoms with Crippen molar-refractivity contribution in [2.75, 3.05) is 13.1 Å². The number of piperidine rings is 1. The van der Waals surface area contributed by atoms with Crippen LogP contribution in [0.25, 0.3) is 0 Å². The molecule has 2 heterocycles. The van der Waals surface area contributed by atoms with Crippen LogP contribution < -0.4 is 11.3 Å². The Labute approximate surface area is 136 Å². The van der Waals surface area contributed by atoms with Crippen molar-refractivity contribution < 1.29 is 0 Å². The fourth-order valence-corrected chi connectivity index (χ4v) is 3.77. The summed E-state index contributed by atoms with van der Waals surface area (Å²) < 4.78 is 1.02. The molecule has 0 spiro atoms. The van der Waals surface area contributed by atoms with Crippen molar-refractivity contribution in [3.05, 3.63) is 28.5 Å². The number of aromatic nitrogens is 1. The van der Waals surface area contributed by atoms with Crippen LogP contribution in [0, 0.1) is 0 Å². The normalized spacial score (nSPS) is 21.0. The highest BCUT2D eigenvalue weighted by atomic mass is 79.9. The molecule has 3 N–H and O–H groups in total. The molecule has 0 bridgehead atoms. The lowest BCUT2D eigenvalue weighted by Gasteiger charge is -2.47. The third-order valence-electron chi connectivity index (χ3n) is 4.95. The Morgan fingerprint density at radius 1 is 1.38 bits per heavy atom. The summed E-state index contributed by atoms with van der Waals surface area (Å²) in [5, 5.41) is 0. The number of rotatable bonds is 6. The molecule has 21 heavy (non-hydrogen) atoms. The molecule has 0 amide bonds. The molecule has 0 aromatic carbocycles. The van der Waals surface area contributed by atoms with Crippen molar-refractivity contribution >= 4 is 15.9 Å². The smallest absolute Gasteiger partial charge is 0.0432 e. The Kier molecular flexibility index (Phi) is 6.17. The summed E-state index contributed by atoms with van der Waals surface area (Å²) in [6.45, 7) is 6.96. The van der Waals surface area contributed by atoms with Gasteiger partial charge < -0.3 is 0 Å². The number of nitrogens with two attached hydrogens (primary N) is 1. The summed E-state index contributed by atoms with van der Waals surface area (Å²) in [6.07, 6.45) is 9.68. The first-order chi connectivity index (χ1) is 10.1. The number of nitrogens with one attached hydrogen (secondary N) is 1. The van der Waals surface area contributed by atoms with Gasteiger partial charge >= 0.3 is 0 Å². The van der Waals surface area contributed by atoms with Crippen LogP contribution in [0.2, 0.25) is 0 Å². The zero-order chi connectivity index (χ0) is 15.3. The molecule has 1 aliphatic rings. The standard InChI is InChI=1S/C16H27BrN4/c1-3-16(2,21-7-5-4-6-8-21)15(20-18)10-13-9-14(17)12-19-11-13/h9,11-12,15,20H,3-8,10,18H2,1-2H3. The van der Waals surface area contributed by atoms with Crippen molar-refractivity contribution in [1.29, 1.82) is 0 Å². The summed E-state index contributed by atoms with van der Waals surface area (Å²) in [7, 11) is 0. The Bertz CT molecular complexity index is 448. The maximum Gasteiger partial charge on any atom is 0.0432 e. The van der Waals surface area contributed by atoms with Gasteiger partial charge in [0.05, 0.1) is 0 Å². The quantitative estimate of drug-likeness (QED) is 0.609. The molecule has 2 atom stereocenters. The minimum absolute atomic E-state index is 0.0808. The van der Waals surface area contributed by atoms with Gasteiger partial charge in [0.15, 0.2) is 0 Å². The van der Waals surface area contributed by atoms with Crippen molar-refractivity contribution in [2.45, 2.75) is 57.5 Å².